The molecule has 8 nitrogen and oxygen atoms in total. The summed E-state index contributed by atoms with van der Waals surface area (Å²) in [5.41, 5.74) is 2.37. The molecule has 4 aromatic rings. The first kappa shape index (κ1) is 34.7. The summed E-state index contributed by atoms with van der Waals surface area (Å²) < 4.78 is 33.4. The van der Waals surface area contributed by atoms with Crippen molar-refractivity contribution in [1.82, 2.24) is 20.5 Å². The first-order chi connectivity index (χ1) is 22.2. The van der Waals surface area contributed by atoms with E-state index in [1.165, 1.54) is 23.5 Å². The number of carbonyl (C=O) groups is 2. The van der Waals surface area contributed by atoms with Gasteiger partial charge in [0, 0.05) is 60.5 Å². The first-order valence-electron chi connectivity index (χ1n) is 15.3. The second-order valence-corrected chi connectivity index (χ2v) is 11.9. The van der Waals surface area contributed by atoms with Crippen LogP contribution in [0.3, 0.4) is 0 Å². The molecule has 3 N–H and O–H groups in total. The van der Waals surface area contributed by atoms with Crippen LogP contribution in [0.1, 0.15) is 58.5 Å². The van der Waals surface area contributed by atoms with Crippen LogP contribution < -0.4 is 15.4 Å². The first-order valence-corrected chi connectivity index (χ1v) is 16.2. The van der Waals surface area contributed by atoms with Crippen molar-refractivity contribution in [3.05, 3.63) is 106 Å². The maximum absolute atomic E-state index is 14.1. The van der Waals surface area contributed by atoms with Crippen molar-refractivity contribution in [2.75, 3.05) is 26.7 Å². The van der Waals surface area contributed by atoms with Gasteiger partial charge in [0.15, 0.2) is 0 Å². The van der Waals surface area contributed by atoms with Crippen LogP contribution in [-0.2, 0) is 13.0 Å². The van der Waals surface area contributed by atoms with E-state index in [0.29, 0.717) is 41.5 Å². The Hall–Kier alpha value is -4.19. The number of benzene rings is 3. The lowest BCUT2D eigenvalue weighted by Gasteiger charge is -2.25. The molecular formula is C35H40F2N4O4S. The fraction of sp³-hybridized carbons (Fsp3) is 0.343. The van der Waals surface area contributed by atoms with Crippen LogP contribution in [0.25, 0.3) is 10.6 Å². The number of aliphatic hydroxyl groups excluding tert-OH is 1. The summed E-state index contributed by atoms with van der Waals surface area (Å²) in [7, 11) is 1.58. The molecule has 0 bridgehead atoms. The molecule has 0 unspecified atom stereocenters. The molecule has 3 aromatic carbocycles. The van der Waals surface area contributed by atoms with Gasteiger partial charge in [-0.1, -0.05) is 26.0 Å². The minimum atomic E-state index is -1.13. The van der Waals surface area contributed by atoms with Crippen LogP contribution >= 0.6 is 11.3 Å². The van der Waals surface area contributed by atoms with Crippen molar-refractivity contribution in [2.24, 2.45) is 0 Å². The van der Waals surface area contributed by atoms with Crippen molar-refractivity contribution >= 4 is 23.2 Å². The highest BCUT2D eigenvalue weighted by Gasteiger charge is 2.25. The van der Waals surface area contributed by atoms with Gasteiger partial charge in [0.2, 0.25) is 0 Å². The Morgan fingerprint density at radius 2 is 1.70 bits per heavy atom. The summed E-state index contributed by atoms with van der Waals surface area (Å²) in [6.07, 6.45) is 2.06. The number of ether oxygens (including phenoxy) is 1. The Morgan fingerprint density at radius 3 is 2.35 bits per heavy atom. The molecule has 0 aliphatic heterocycles. The van der Waals surface area contributed by atoms with Gasteiger partial charge in [-0.05, 0) is 72.9 Å². The zero-order chi connectivity index (χ0) is 33.1. The quantitative estimate of drug-likeness (QED) is 0.141. The molecule has 4 rings (SSSR count). The van der Waals surface area contributed by atoms with E-state index in [0.717, 1.165) is 24.5 Å². The van der Waals surface area contributed by atoms with Crippen molar-refractivity contribution in [1.29, 1.82) is 0 Å². The summed E-state index contributed by atoms with van der Waals surface area (Å²) in [6, 6.07) is 14.6. The van der Waals surface area contributed by atoms with Crippen LogP contribution in [0.5, 0.6) is 5.75 Å². The topological polar surface area (TPSA) is 104 Å². The number of hydrogen-bond acceptors (Lipinski definition) is 7. The average Bonchev–Trinajstić information content (AvgIpc) is 3.59. The van der Waals surface area contributed by atoms with Crippen LogP contribution in [-0.4, -0.2) is 65.7 Å². The van der Waals surface area contributed by atoms with Gasteiger partial charge in [-0.3, -0.25) is 9.59 Å². The Kier molecular flexibility index (Phi) is 12.8. The Bertz CT molecular complexity index is 1580. The van der Waals surface area contributed by atoms with E-state index in [1.54, 1.807) is 36.4 Å². The van der Waals surface area contributed by atoms with Gasteiger partial charge in [0.05, 0.1) is 19.3 Å². The third-order valence-electron chi connectivity index (χ3n) is 7.37. The van der Waals surface area contributed by atoms with Gasteiger partial charge >= 0.3 is 0 Å². The lowest BCUT2D eigenvalue weighted by Crippen LogP contribution is -2.48. The number of hydrogen-bond donors (Lipinski definition) is 3. The normalized spacial score (nSPS) is 12.4. The monoisotopic (exact) mass is 650 g/mol. The Morgan fingerprint density at radius 1 is 0.978 bits per heavy atom. The summed E-state index contributed by atoms with van der Waals surface area (Å²) in [5, 5.41) is 19.8. The van der Waals surface area contributed by atoms with Crippen LogP contribution in [0.2, 0.25) is 0 Å². The minimum absolute atomic E-state index is 0.0405. The number of aliphatic hydroxyl groups is 1. The number of nitrogens with one attached hydrogen (secondary N) is 2. The maximum Gasteiger partial charge on any atom is 0.253 e. The molecule has 0 fully saturated rings. The summed E-state index contributed by atoms with van der Waals surface area (Å²) >= 11 is 1.38. The lowest BCUT2D eigenvalue weighted by molar-refractivity contribution is 0.0755. The third kappa shape index (κ3) is 9.65. The van der Waals surface area contributed by atoms with Gasteiger partial charge in [-0.15, -0.1) is 11.3 Å². The fourth-order valence-corrected chi connectivity index (χ4v) is 5.84. The molecule has 244 valence electrons. The van der Waals surface area contributed by atoms with E-state index in [2.05, 4.69) is 15.6 Å². The van der Waals surface area contributed by atoms with E-state index >= 15 is 0 Å². The van der Waals surface area contributed by atoms with Crippen LogP contribution in [0.15, 0.2) is 72.2 Å². The van der Waals surface area contributed by atoms with Gasteiger partial charge in [-0.25, -0.2) is 13.8 Å². The second-order valence-electron chi connectivity index (χ2n) is 11.0. The number of aromatic nitrogens is 1. The number of rotatable bonds is 16. The highest BCUT2D eigenvalue weighted by Crippen LogP contribution is 2.26. The van der Waals surface area contributed by atoms with E-state index < -0.39 is 29.7 Å². The molecule has 1 heterocycles. The maximum atomic E-state index is 14.1. The van der Waals surface area contributed by atoms with E-state index in [-0.39, 0.29) is 30.0 Å². The number of carbonyl (C=O) groups excluding carboxylic acids is 2. The van der Waals surface area contributed by atoms with Crippen LogP contribution in [0.4, 0.5) is 8.78 Å². The largest absolute Gasteiger partial charge is 0.497 e. The van der Waals surface area contributed by atoms with Gasteiger partial charge in [-0.2, -0.15) is 0 Å². The Balaban J connectivity index is 1.60. The van der Waals surface area contributed by atoms with Crippen molar-refractivity contribution in [3.8, 4) is 16.3 Å². The zero-order valence-electron chi connectivity index (χ0n) is 26.3. The molecule has 0 saturated carbocycles. The summed E-state index contributed by atoms with van der Waals surface area (Å²) in [4.78, 5) is 33.5. The predicted octanol–water partition coefficient (Wildman–Crippen LogP) is 5.85. The molecular weight excluding hydrogens is 610 g/mol. The number of methoxy groups -OCH3 is 1. The summed E-state index contributed by atoms with van der Waals surface area (Å²) in [5.74, 6) is -1.55. The molecule has 0 spiro atoms. The molecule has 0 saturated heterocycles. The van der Waals surface area contributed by atoms with Crippen molar-refractivity contribution in [2.45, 2.75) is 51.8 Å². The smallest absolute Gasteiger partial charge is 0.253 e. The van der Waals surface area contributed by atoms with Gasteiger partial charge in [0.25, 0.3) is 11.8 Å². The average molecular weight is 651 g/mol. The van der Waals surface area contributed by atoms with Gasteiger partial charge < -0.3 is 25.4 Å². The number of nitrogens with zero attached hydrogens (tertiary/aromatic N) is 2. The molecule has 0 aliphatic rings. The number of thiazole rings is 1. The van der Waals surface area contributed by atoms with E-state index in [1.807, 2.05) is 43.5 Å². The molecule has 0 radical (unpaired) electrons. The molecule has 2 atom stereocenters. The highest BCUT2D eigenvalue weighted by molar-refractivity contribution is 7.13. The molecule has 0 aliphatic carbocycles. The van der Waals surface area contributed by atoms with E-state index in [4.69, 9.17) is 4.74 Å². The minimum Gasteiger partial charge on any atom is -0.497 e. The van der Waals surface area contributed by atoms with E-state index in [9.17, 15) is 23.5 Å². The molecule has 1 aromatic heterocycles. The SMILES string of the molecule is CCCN(CCC)C(=O)c1cc(C(=O)N[C@@H](Cc2cc(F)cc(F)c2)[C@H](O)CNCc2cccc(OC)c2)cc(-c2nccs2)c1. The predicted molar refractivity (Wildman–Crippen MR) is 176 cm³/mol. The molecule has 2 amide bonds. The van der Waals surface area contributed by atoms with Crippen LogP contribution in [0, 0.1) is 11.6 Å². The standard InChI is InChI=1S/C35H40F2N4O4S/c1-4-10-41(11-5-2)35(44)27-18-25(17-26(19-27)34-39-9-12-46-34)33(43)40-31(16-24-13-28(36)20-29(37)14-24)32(42)22-38-21-23-7-6-8-30(15-23)45-3/h6-9,12-15,17-20,31-32,38,42H,4-5,10-11,16,21-22H2,1-3H3,(H,40,43)/t31-,32+/m0/s1. The number of halogens is 2. The molecule has 46 heavy (non-hydrogen) atoms. The van der Waals surface area contributed by atoms with Gasteiger partial charge in [0.1, 0.15) is 22.4 Å². The highest BCUT2D eigenvalue weighted by atomic mass is 32.1. The van der Waals surface area contributed by atoms with Crippen molar-refractivity contribution in [3.63, 3.8) is 0 Å². The zero-order valence-corrected chi connectivity index (χ0v) is 27.1. The second kappa shape index (κ2) is 16.9. The van der Waals surface area contributed by atoms with Crippen molar-refractivity contribution < 1.29 is 28.2 Å². The lowest BCUT2D eigenvalue weighted by atomic mass is 9.99. The molecule has 11 heteroatoms. The number of amides is 2. The Labute approximate surface area is 272 Å². The fourth-order valence-electron chi connectivity index (χ4n) is 5.22. The summed E-state index contributed by atoms with van der Waals surface area (Å²) in [6.45, 7) is 5.65. The third-order valence-corrected chi connectivity index (χ3v) is 8.19.